The Bertz CT molecular complexity index is 1600. The van der Waals surface area contributed by atoms with Gasteiger partial charge in [0.15, 0.2) is 0 Å². The Kier molecular flexibility index (Phi) is 11.9. The number of carbonyl (C=O) groups excluding carboxylic acids is 3. The summed E-state index contributed by atoms with van der Waals surface area (Å²) in [6.07, 6.45) is 7.43. The highest BCUT2D eigenvalue weighted by atomic mass is 16.6. The van der Waals surface area contributed by atoms with Crippen molar-refractivity contribution < 1.29 is 28.6 Å². The van der Waals surface area contributed by atoms with E-state index in [1.807, 2.05) is 48.5 Å². The summed E-state index contributed by atoms with van der Waals surface area (Å²) in [5.41, 5.74) is 4.08. The van der Waals surface area contributed by atoms with Crippen molar-refractivity contribution >= 4 is 23.7 Å². The molecule has 1 fully saturated rings. The zero-order valence-electron chi connectivity index (χ0n) is 30.6. The van der Waals surface area contributed by atoms with E-state index in [4.69, 9.17) is 14.2 Å². The van der Waals surface area contributed by atoms with Crippen LogP contribution in [0.25, 0.3) is 0 Å². The molecule has 2 amide bonds. The predicted molar refractivity (Wildman–Crippen MR) is 197 cm³/mol. The first kappa shape index (κ1) is 36.9. The van der Waals surface area contributed by atoms with E-state index >= 15 is 0 Å². The summed E-state index contributed by atoms with van der Waals surface area (Å²) in [6.45, 7) is 11.5. The van der Waals surface area contributed by atoms with Gasteiger partial charge in [-0.3, -0.25) is 9.59 Å². The van der Waals surface area contributed by atoms with Crippen LogP contribution < -0.4 is 15.4 Å². The Balaban J connectivity index is 1.29. The number of esters is 1. The molecule has 5 rings (SSSR count). The molecule has 1 aliphatic heterocycles. The third-order valence-corrected chi connectivity index (χ3v) is 9.51. The normalized spacial score (nSPS) is 15.6. The van der Waals surface area contributed by atoms with Gasteiger partial charge in [0.05, 0.1) is 0 Å². The molecule has 0 bridgehead atoms. The molecule has 8 heteroatoms. The Labute approximate surface area is 297 Å². The maximum Gasteiger partial charge on any atom is 0.408 e. The van der Waals surface area contributed by atoms with E-state index in [9.17, 15) is 14.4 Å². The molecule has 1 heterocycles. The summed E-state index contributed by atoms with van der Waals surface area (Å²) >= 11 is 0. The van der Waals surface area contributed by atoms with Crippen LogP contribution in [0.5, 0.6) is 11.5 Å². The van der Waals surface area contributed by atoms with Crippen LogP contribution in [0, 0.1) is 5.92 Å². The monoisotopic (exact) mass is 682 g/mol. The summed E-state index contributed by atoms with van der Waals surface area (Å²) in [5, 5.41) is 5.80. The van der Waals surface area contributed by atoms with Gasteiger partial charge in [-0.05, 0) is 80.7 Å². The van der Waals surface area contributed by atoms with E-state index in [0.717, 1.165) is 58.7 Å². The second-order valence-electron chi connectivity index (χ2n) is 15.9. The van der Waals surface area contributed by atoms with Crippen LogP contribution in [-0.2, 0) is 30.9 Å². The van der Waals surface area contributed by atoms with Crippen LogP contribution >= 0.6 is 0 Å². The van der Waals surface area contributed by atoms with Gasteiger partial charge in [0.25, 0.3) is 0 Å². The lowest BCUT2D eigenvalue weighted by Crippen LogP contribution is -2.37. The molecular formula is C42H54N2O6. The molecule has 1 aliphatic carbocycles. The quantitative estimate of drug-likeness (QED) is 0.195. The zero-order chi connectivity index (χ0) is 35.9. The molecule has 0 saturated heterocycles. The number of nitrogens with one attached hydrogen (secondary N) is 2. The smallest absolute Gasteiger partial charge is 0.408 e. The van der Waals surface area contributed by atoms with Crippen molar-refractivity contribution in [3.63, 3.8) is 0 Å². The van der Waals surface area contributed by atoms with Crippen molar-refractivity contribution in [3.8, 4) is 11.5 Å². The number of para-hydroxylation sites is 2. The Morgan fingerprint density at radius 1 is 0.860 bits per heavy atom. The molecule has 2 aliphatic rings. The minimum absolute atomic E-state index is 0.0641. The molecule has 1 saturated carbocycles. The fourth-order valence-electron chi connectivity index (χ4n) is 7.15. The number of amides is 2. The number of anilines is 1. The maximum absolute atomic E-state index is 13.8. The van der Waals surface area contributed by atoms with Gasteiger partial charge in [-0.25, -0.2) is 4.79 Å². The number of alkyl carbamates (subject to hydrolysis) is 1. The minimum atomic E-state index is -0.653. The van der Waals surface area contributed by atoms with Gasteiger partial charge in [0, 0.05) is 29.2 Å². The van der Waals surface area contributed by atoms with Crippen LogP contribution in [0.1, 0.15) is 121 Å². The van der Waals surface area contributed by atoms with Crippen LogP contribution in [0.4, 0.5) is 10.5 Å². The summed E-state index contributed by atoms with van der Waals surface area (Å²) < 4.78 is 17.4. The van der Waals surface area contributed by atoms with Gasteiger partial charge in [0.1, 0.15) is 29.7 Å². The SMILES string of the molecule is CC(C)(C)OC(=O)NCC(=O)OC(CCc1ccc(C(C)(C)C)c(NC(=O)CC2c3ccccc3Oc3ccccc32)c1)CC1CCCCC1. The van der Waals surface area contributed by atoms with E-state index < -0.39 is 17.7 Å². The van der Waals surface area contributed by atoms with Gasteiger partial charge >= 0.3 is 12.1 Å². The van der Waals surface area contributed by atoms with Crippen molar-refractivity contribution in [3.05, 3.63) is 89.0 Å². The number of hydrogen-bond acceptors (Lipinski definition) is 6. The average molecular weight is 683 g/mol. The molecule has 1 atom stereocenters. The zero-order valence-corrected chi connectivity index (χ0v) is 30.6. The van der Waals surface area contributed by atoms with E-state index in [1.54, 1.807) is 20.8 Å². The van der Waals surface area contributed by atoms with E-state index in [-0.39, 0.29) is 36.3 Å². The third-order valence-electron chi connectivity index (χ3n) is 9.51. The van der Waals surface area contributed by atoms with Crippen molar-refractivity contribution in [1.29, 1.82) is 0 Å². The number of ether oxygens (including phenoxy) is 3. The lowest BCUT2D eigenvalue weighted by molar-refractivity contribution is -0.149. The predicted octanol–water partition coefficient (Wildman–Crippen LogP) is 9.59. The highest BCUT2D eigenvalue weighted by Crippen LogP contribution is 2.45. The standard InChI is InChI=1S/C42H54N2O6/c1-41(2,3)34-23-21-29(20-22-30(24-28-14-8-7-9-15-28)48-39(46)27-43-40(47)50-42(4,5)6)25-35(34)44-38(45)26-33-31-16-10-12-18-36(31)49-37-19-13-11-17-32(33)37/h10-13,16-19,21,23,25,28,30,33H,7-9,14-15,20,22,24,26-27H2,1-6H3,(H,43,47)(H,44,45). The summed E-state index contributed by atoms with van der Waals surface area (Å²) in [4.78, 5) is 38.8. The minimum Gasteiger partial charge on any atom is -0.461 e. The van der Waals surface area contributed by atoms with E-state index in [1.165, 1.54) is 19.3 Å². The van der Waals surface area contributed by atoms with Gasteiger partial charge in [0.2, 0.25) is 5.91 Å². The molecular weight excluding hydrogens is 628 g/mol. The second kappa shape index (κ2) is 16.1. The largest absolute Gasteiger partial charge is 0.461 e. The first-order chi connectivity index (χ1) is 23.7. The number of benzene rings is 3. The number of carbonyl (C=O) groups is 3. The first-order valence-corrected chi connectivity index (χ1v) is 18.2. The van der Waals surface area contributed by atoms with Crippen molar-refractivity contribution in [2.45, 2.75) is 122 Å². The lowest BCUT2D eigenvalue weighted by atomic mass is 9.83. The molecule has 3 aromatic rings. The Hall–Kier alpha value is -4.33. The molecule has 1 unspecified atom stereocenters. The number of aryl methyl sites for hydroxylation is 1. The van der Waals surface area contributed by atoms with Crippen LogP contribution in [0.2, 0.25) is 0 Å². The summed E-state index contributed by atoms with van der Waals surface area (Å²) in [7, 11) is 0. The Morgan fingerprint density at radius 2 is 1.50 bits per heavy atom. The fraction of sp³-hybridized carbons (Fsp3) is 0.500. The number of hydrogen-bond donors (Lipinski definition) is 2. The van der Waals surface area contributed by atoms with Crippen LogP contribution in [-0.4, -0.2) is 36.2 Å². The van der Waals surface area contributed by atoms with Crippen molar-refractivity contribution in [2.24, 2.45) is 5.92 Å². The fourth-order valence-corrected chi connectivity index (χ4v) is 7.15. The summed E-state index contributed by atoms with van der Waals surface area (Å²) in [6, 6.07) is 22.1. The first-order valence-electron chi connectivity index (χ1n) is 18.2. The van der Waals surface area contributed by atoms with Gasteiger partial charge in [-0.2, -0.15) is 0 Å². The molecule has 3 aromatic carbocycles. The molecule has 50 heavy (non-hydrogen) atoms. The molecule has 268 valence electrons. The molecule has 0 radical (unpaired) electrons. The summed E-state index contributed by atoms with van der Waals surface area (Å²) in [5.74, 6) is 1.42. The Morgan fingerprint density at radius 3 is 2.12 bits per heavy atom. The van der Waals surface area contributed by atoms with Gasteiger partial charge in [-0.1, -0.05) is 101 Å². The van der Waals surface area contributed by atoms with Crippen LogP contribution in [0.15, 0.2) is 66.7 Å². The van der Waals surface area contributed by atoms with Crippen molar-refractivity contribution in [2.75, 3.05) is 11.9 Å². The van der Waals surface area contributed by atoms with Gasteiger partial charge in [-0.15, -0.1) is 0 Å². The topological polar surface area (TPSA) is 103 Å². The second-order valence-corrected chi connectivity index (χ2v) is 15.9. The lowest BCUT2D eigenvalue weighted by Gasteiger charge is -2.29. The molecule has 2 N–H and O–H groups in total. The average Bonchev–Trinajstić information content (AvgIpc) is 3.05. The number of fused-ring (bicyclic) bond motifs is 2. The highest BCUT2D eigenvalue weighted by Gasteiger charge is 2.30. The van der Waals surface area contributed by atoms with Gasteiger partial charge < -0.3 is 24.8 Å². The maximum atomic E-state index is 13.8. The van der Waals surface area contributed by atoms with E-state index in [2.05, 4.69) is 49.6 Å². The number of rotatable bonds is 11. The van der Waals surface area contributed by atoms with E-state index in [0.29, 0.717) is 18.8 Å². The molecule has 8 nitrogen and oxygen atoms in total. The molecule has 0 aromatic heterocycles. The molecule has 0 spiro atoms. The highest BCUT2D eigenvalue weighted by molar-refractivity contribution is 5.93. The van der Waals surface area contributed by atoms with Crippen molar-refractivity contribution in [1.82, 2.24) is 5.32 Å². The third kappa shape index (κ3) is 10.3. The van der Waals surface area contributed by atoms with Crippen LogP contribution in [0.3, 0.4) is 0 Å².